The predicted octanol–water partition coefficient (Wildman–Crippen LogP) is 1.36. The number of hydrogen-bond donors (Lipinski definition) is 0. The second-order valence-corrected chi connectivity index (χ2v) is 10.5. The quantitative estimate of drug-likeness (QED) is 0.672. The Bertz CT molecular complexity index is 226. The van der Waals surface area contributed by atoms with Crippen LogP contribution in [0.25, 0.3) is 0 Å². The second kappa shape index (κ2) is 6.96. The number of nitrogens with zero attached hydrogens (tertiary/aromatic N) is 1. The van der Waals surface area contributed by atoms with Gasteiger partial charge in [-0.2, -0.15) is 0 Å². The average Bonchev–Trinajstić information content (AvgIpc) is 2.96. The molecule has 0 N–H and O–H groups in total. The van der Waals surface area contributed by atoms with E-state index in [4.69, 9.17) is 0 Å². The summed E-state index contributed by atoms with van der Waals surface area (Å²) in [5.74, 6) is 1.52. The first-order valence-corrected chi connectivity index (χ1v) is 11.7. The molecule has 3 heteroatoms. The van der Waals surface area contributed by atoms with Gasteiger partial charge in [0.05, 0.1) is 0 Å². The zero-order chi connectivity index (χ0) is 12.3. The Kier molecular flexibility index (Phi) is 5.90. The van der Waals surface area contributed by atoms with E-state index in [1.807, 2.05) is 0 Å². The third-order valence-corrected chi connectivity index (χ3v) is 10.2. The predicted molar refractivity (Wildman–Crippen MR) is 74.5 cm³/mol. The van der Waals surface area contributed by atoms with Crippen molar-refractivity contribution in [1.82, 2.24) is 4.90 Å². The van der Waals surface area contributed by atoms with Crippen molar-refractivity contribution in [3.8, 4) is 0 Å². The van der Waals surface area contributed by atoms with Crippen LogP contribution in [0.2, 0.25) is 0 Å². The van der Waals surface area contributed by atoms with Crippen molar-refractivity contribution >= 4 is 26.3 Å². The van der Waals surface area contributed by atoms with E-state index < -0.39 is 0 Å². The Morgan fingerprint density at radius 2 is 1.65 bits per heavy atom. The molecule has 10 radical (unpaired) electrons. The van der Waals surface area contributed by atoms with Crippen molar-refractivity contribution in [2.45, 2.75) is 13.0 Å². The van der Waals surface area contributed by atoms with Crippen LogP contribution in [0.3, 0.4) is 0 Å². The fourth-order valence-electron chi connectivity index (χ4n) is 1.62. The van der Waals surface area contributed by atoms with Gasteiger partial charge in [0.1, 0.15) is 0 Å². The van der Waals surface area contributed by atoms with Crippen molar-refractivity contribution in [3.63, 3.8) is 0 Å². The molecule has 0 aromatic heterocycles. The van der Waals surface area contributed by atoms with Gasteiger partial charge in [0.15, 0.2) is 0 Å². The molecule has 2 aliphatic rings. The molecule has 1 nitrogen and oxygen atoms in total. The first-order valence-electron chi connectivity index (χ1n) is 5.66. The van der Waals surface area contributed by atoms with Crippen molar-refractivity contribution < 1.29 is 0 Å². The zero-order valence-electron chi connectivity index (χ0n) is 10.4. The minimum atomic E-state index is 0.525. The fourth-order valence-corrected chi connectivity index (χ4v) is 8.45. The van der Waals surface area contributed by atoms with Gasteiger partial charge >= 0.3 is 119 Å². The maximum absolute atomic E-state index is 2.31. The van der Waals surface area contributed by atoms with Gasteiger partial charge in [0.2, 0.25) is 0 Å². The maximum atomic E-state index is 2.31. The van der Waals surface area contributed by atoms with Gasteiger partial charge in [-0.05, 0) is 0 Å². The Morgan fingerprint density at radius 1 is 0.941 bits per heavy atom. The Hall–Kier alpha value is 0.999. The van der Waals surface area contributed by atoms with Crippen LogP contribution in [0.15, 0.2) is 0 Å². The topological polar surface area (TPSA) is 3.24 Å². The third kappa shape index (κ3) is 3.98. The van der Waals surface area contributed by atoms with E-state index in [-0.39, 0.29) is 0 Å². The summed E-state index contributed by atoms with van der Waals surface area (Å²) in [6.45, 7) is 2.28. The first-order chi connectivity index (χ1) is 8.18. The molecular formula is C14H17NSe2. The van der Waals surface area contributed by atoms with Crippen molar-refractivity contribution in [1.29, 1.82) is 0 Å². The van der Waals surface area contributed by atoms with Gasteiger partial charge in [-0.25, -0.2) is 0 Å². The monoisotopic (exact) mass is 359 g/mol. The van der Waals surface area contributed by atoms with Crippen LogP contribution in [0, 0.1) is 60.5 Å². The molecule has 0 amide bonds. The Balaban J connectivity index is 1.78. The molecule has 0 saturated heterocycles. The molecule has 17 heavy (non-hydrogen) atoms. The van der Waals surface area contributed by atoms with E-state index in [0.717, 1.165) is 0 Å². The Morgan fingerprint density at radius 3 is 2.29 bits per heavy atom. The molecule has 0 heterocycles. The summed E-state index contributed by atoms with van der Waals surface area (Å²) in [5.41, 5.74) is 0. The van der Waals surface area contributed by atoms with Crippen LogP contribution in [0.4, 0.5) is 0 Å². The Labute approximate surface area is 118 Å². The van der Waals surface area contributed by atoms with Crippen molar-refractivity contribution in [2.24, 2.45) is 0 Å². The van der Waals surface area contributed by atoms with Gasteiger partial charge in [0, 0.05) is 0 Å². The average molecular weight is 357 g/mol. The van der Waals surface area contributed by atoms with Gasteiger partial charge in [-0.15, -0.1) is 0 Å². The summed E-state index contributed by atoms with van der Waals surface area (Å²) in [6, 6.07) is 0.525. The van der Waals surface area contributed by atoms with Gasteiger partial charge in [-0.1, -0.05) is 0 Å². The molecule has 2 saturated carbocycles. The van der Waals surface area contributed by atoms with E-state index in [2.05, 4.69) is 70.9 Å². The SMILES string of the molecule is C[C@@H]([C]1[CH][CH][CH][C]1[Se][Se][C]1[CH][CH][CH][CH]1)N(C)C. The van der Waals surface area contributed by atoms with Crippen LogP contribution in [0.5, 0.6) is 0 Å². The normalized spacial score (nSPS) is 26.1. The summed E-state index contributed by atoms with van der Waals surface area (Å²) >= 11 is 1.25. The van der Waals surface area contributed by atoms with E-state index in [0.29, 0.717) is 32.3 Å². The molecule has 0 aromatic rings. The molecular weight excluding hydrogens is 340 g/mol. The van der Waals surface area contributed by atoms with Gasteiger partial charge in [0.25, 0.3) is 0 Å². The molecule has 0 bridgehead atoms. The standard InChI is InChI=1S/C14H17NSe2/c1-11(15(2)3)13-9-6-10-14(13)17-16-12-7-4-5-8-12/h4-11H,1-3H3/t11-/m0/s1. The molecule has 0 unspecified atom stereocenters. The molecule has 1 atom stereocenters. The summed E-state index contributed by atoms with van der Waals surface area (Å²) in [4.78, 5) is 5.40. The van der Waals surface area contributed by atoms with E-state index in [1.165, 1.54) is 10.7 Å². The van der Waals surface area contributed by atoms with Crippen LogP contribution in [-0.2, 0) is 0 Å². The molecule has 90 valence electrons. The third-order valence-electron chi connectivity index (χ3n) is 2.89. The van der Waals surface area contributed by atoms with Crippen LogP contribution < -0.4 is 0 Å². The van der Waals surface area contributed by atoms with Crippen LogP contribution in [0.1, 0.15) is 6.92 Å². The number of hydrogen-bond acceptors (Lipinski definition) is 1. The van der Waals surface area contributed by atoms with Crippen molar-refractivity contribution in [2.75, 3.05) is 14.1 Å². The molecule has 2 fully saturated rings. The van der Waals surface area contributed by atoms with E-state index in [1.54, 1.807) is 4.82 Å². The van der Waals surface area contributed by atoms with Crippen molar-refractivity contribution in [3.05, 3.63) is 60.5 Å². The summed E-state index contributed by atoms with van der Waals surface area (Å²) in [5, 5.41) is 0. The van der Waals surface area contributed by atoms with Gasteiger partial charge < -0.3 is 0 Å². The van der Waals surface area contributed by atoms with E-state index >= 15 is 0 Å². The first kappa shape index (κ1) is 14.4. The number of rotatable bonds is 5. The minimum absolute atomic E-state index is 0.525. The van der Waals surface area contributed by atoms with Gasteiger partial charge in [-0.3, -0.25) is 0 Å². The van der Waals surface area contributed by atoms with Crippen LogP contribution in [-0.4, -0.2) is 51.3 Å². The summed E-state index contributed by atoms with van der Waals surface area (Å²) < 4.78 is 0. The molecule has 2 rings (SSSR count). The summed E-state index contributed by atoms with van der Waals surface area (Å²) in [7, 11) is 4.30. The molecule has 0 spiro atoms. The second-order valence-electron chi connectivity index (χ2n) is 4.27. The molecule has 0 aromatic carbocycles. The summed E-state index contributed by atoms with van der Waals surface area (Å²) in [6.07, 6.45) is 15.6. The van der Waals surface area contributed by atoms with Crippen LogP contribution >= 0.6 is 0 Å². The molecule has 2 aliphatic carbocycles. The molecule has 0 aliphatic heterocycles. The van der Waals surface area contributed by atoms with E-state index in [9.17, 15) is 0 Å². The fraction of sp³-hybridized carbons (Fsp3) is 0.286. The zero-order valence-corrected chi connectivity index (χ0v) is 13.8.